The highest BCUT2D eigenvalue weighted by atomic mass is 16.5. The summed E-state index contributed by atoms with van der Waals surface area (Å²) in [5.74, 6) is 0.259. The fourth-order valence-corrected chi connectivity index (χ4v) is 4.33. The number of anilines is 1. The van der Waals surface area contributed by atoms with Gasteiger partial charge in [0.1, 0.15) is 0 Å². The van der Waals surface area contributed by atoms with E-state index in [9.17, 15) is 0 Å². The fraction of sp³-hybridized carbons (Fsp3) is 0.414. The van der Waals surface area contributed by atoms with Crippen molar-refractivity contribution in [1.82, 2.24) is 15.1 Å². The first kappa shape index (κ1) is 25.7. The molecule has 0 spiro atoms. The van der Waals surface area contributed by atoms with Crippen molar-refractivity contribution in [2.75, 3.05) is 32.1 Å². The van der Waals surface area contributed by atoms with E-state index in [4.69, 9.17) is 4.74 Å². The molecule has 0 fully saturated rings. The zero-order chi connectivity index (χ0) is 24.5. The Bertz CT molecular complexity index is 1050. The number of nitrogens with one attached hydrogen (secondary N) is 2. The van der Waals surface area contributed by atoms with E-state index >= 15 is 0 Å². The number of aromatic nitrogens is 2. The summed E-state index contributed by atoms with van der Waals surface area (Å²) in [6.45, 7) is 17.8. The van der Waals surface area contributed by atoms with Gasteiger partial charge in [0, 0.05) is 31.3 Å². The standard InChI is InChI=1S/C29H40N4O/c1-7-34-15-14-33(6)20-24-10-11-26-18-27(13-12-25(26)17-24)29-28(19-30-32-29)31-23(5)9-8-22(4)16-21(2)3/h10-13,16-17,19,27,31H,2,5,7-9,14-15,18,20H2,1,3-4,6H3,(H,30,32)/b22-16+. The van der Waals surface area contributed by atoms with Crippen LogP contribution in [0.25, 0.3) is 6.08 Å². The number of hydrogen-bond acceptors (Lipinski definition) is 4. The fourth-order valence-electron chi connectivity index (χ4n) is 4.33. The van der Waals surface area contributed by atoms with Gasteiger partial charge in [0.2, 0.25) is 0 Å². The monoisotopic (exact) mass is 460 g/mol. The minimum atomic E-state index is 0.259. The molecule has 1 unspecified atom stereocenters. The van der Waals surface area contributed by atoms with E-state index in [0.717, 1.165) is 68.2 Å². The lowest BCUT2D eigenvalue weighted by Gasteiger charge is -2.22. The number of ether oxygens (including phenoxy) is 1. The molecule has 0 amide bonds. The Balaban J connectivity index is 1.59. The molecule has 3 rings (SSSR count). The van der Waals surface area contributed by atoms with E-state index in [1.54, 1.807) is 0 Å². The van der Waals surface area contributed by atoms with Gasteiger partial charge >= 0.3 is 0 Å². The van der Waals surface area contributed by atoms with Crippen LogP contribution in [-0.4, -0.2) is 41.9 Å². The van der Waals surface area contributed by atoms with Gasteiger partial charge in [0.15, 0.2) is 0 Å². The summed E-state index contributed by atoms with van der Waals surface area (Å²) in [6.07, 6.45) is 11.3. The molecule has 34 heavy (non-hydrogen) atoms. The van der Waals surface area contributed by atoms with Crippen molar-refractivity contribution < 1.29 is 4.74 Å². The number of H-pyrrole nitrogens is 1. The number of nitrogens with zero attached hydrogens (tertiary/aromatic N) is 2. The highest BCUT2D eigenvalue weighted by Crippen LogP contribution is 2.33. The largest absolute Gasteiger partial charge is 0.380 e. The molecule has 1 atom stereocenters. The molecule has 2 aromatic rings. The Morgan fingerprint density at radius 2 is 2.12 bits per heavy atom. The molecular formula is C29H40N4O. The van der Waals surface area contributed by atoms with Gasteiger partial charge in [-0.1, -0.05) is 60.7 Å². The number of fused-ring (bicyclic) bond motifs is 1. The van der Waals surface area contributed by atoms with E-state index in [0.29, 0.717) is 0 Å². The molecule has 0 radical (unpaired) electrons. The number of allylic oxidation sites excluding steroid dienone is 5. The van der Waals surface area contributed by atoms with Crippen molar-refractivity contribution in [3.05, 3.63) is 88.9 Å². The lowest BCUT2D eigenvalue weighted by Crippen LogP contribution is -2.23. The van der Waals surface area contributed by atoms with E-state index in [-0.39, 0.29) is 5.92 Å². The maximum absolute atomic E-state index is 5.47. The van der Waals surface area contributed by atoms with Crippen LogP contribution in [0.3, 0.4) is 0 Å². The van der Waals surface area contributed by atoms with Gasteiger partial charge in [-0.25, -0.2) is 0 Å². The van der Waals surface area contributed by atoms with Crippen LogP contribution < -0.4 is 5.32 Å². The molecule has 1 aromatic heterocycles. The van der Waals surface area contributed by atoms with Crippen molar-refractivity contribution >= 4 is 11.8 Å². The van der Waals surface area contributed by atoms with Gasteiger partial charge in [-0.05, 0) is 63.8 Å². The zero-order valence-corrected chi connectivity index (χ0v) is 21.3. The Kier molecular flexibility index (Phi) is 9.49. The summed E-state index contributed by atoms with van der Waals surface area (Å²) in [7, 11) is 2.14. The van der Waals surface area contributed by atoms with Crippen molar-refractivity contribution in [2.45, 2.75) is 52.5 Å². The molecular weight excluding hydrogens is 420 g/mol. The molecule has 182 valence electrons. The first-order valence-electron chi connectivity index (χ1n) is 12.2. The Morgan fingerprint density at radius 1 is 1.29 bits per heavy atom. The molecule has 1 aliphatic carbocycles. The van der Waals surface area contributed by atoms with Crippen LogP contribution in [0.1, 0.15) is 61.9 Å². The highest BCUT2D eigenvalue weighted by Gasteiger charge is 2.20. The Labute approximate surface area is 205 Å². The number of benzene rings is 1. The third kappa shape index (κ3) is 7.57. The molecule has 5 heteroatoms. The molecule has 2 N–H and O–H groups in total. The smallest absolute Gasteiger partial charge is 0.0804 e. The van der Waals surface area contributed by atoms with Crippen LogP contribution in [0.4, 0.5) is 5.69 Å². The van der Waals surface area contributed by atoms with Crippen LogP contribution >= 0.6 is 0 Å². The molecule has 1 aliphatic rings. The third-order valence-electron chi connectivity index (χ3n) is 6.10. The minimum Gasteiger partial charge on any atom is -0.380 e. The third-order valence-corrected chi connectivity index (χ3v) is 6.10. The second-order valence-electron chi connectivity index (χ2n) is 9.40. The molecule has 0 saturated carbocycles. The van der Waals surface area contributed by atoms with Gasteiger partial charge in [-0.3, -0.25) is 10.00 Å². The predicted octanol–water partition coefficient (Wildman–Crippen LogP) is 6.46. The summed E-state index contributed by atoms with van der Waals surface area (Å²) in [5, 5.41) is 11.0. The van der Waals surface area contributed by atoms with Crippen LogP contribution in [0.15, 0.2) is 66.5 Å². The van der Waals surface area contributed by atoms with Crippen LogP contribution in [0, 0.1) is 0 Å². The number of hydrogen-bond donors (Lipinski definition) is 2. The van der Waals surface area contributed by atoms with Gasteiger partial charge in [-0.15, -0.1) is 0 Å². The van der Waals surface area contributed by atoms with E-state index < -0.39 is 0 Å². The molecule has 5 nitrogen and oxygen atoms in total. The first-order valence-corrected chi connectivity index (χ1v) is 12.2. The van der Waals surface area contributed by atoms with Crippen molar-refractivity contribution in [3.8, 4) is 0 Å². The lowest BCUT2D eigenvalue weighted by molar-refractivity contribution is 0.120. The van der Waals surface area contributed by atoms with Crippen LogP contribution in [-0.2, 0) is 17.7 Å². The molecule has 0 aliphatic heterocycles. The topological polar surface area (TPSA) is 53.2 Å². The zero-order valence-electron chi connectivity index (χ0n) is 21.3. The number of likely N-dealkylation sites (N-methyl/N-ethyl adjacent to an activating group) is 1. The molecule has 0 saturated heterocycles. The summed E-state index contributed by atoms with van der Waals surface area (Å²) in [5.41, 5.74) is 9.52. The summed E-state index contributed by atoms with van der Waals surface area (Å²) >= 11 is 0. The molecule has 1 aromatic carbocycles. The van der Waals surface area contributed by atoms with Crippen LogP contribution in [0.2, 0.25) is 0 Å². The van der Waals surface area contributed by atoms with E-state index in [2.05, 4.69) is 84.0 Å². The highest BCUT2D eigenvalue weighted by molar-refractivity contribution is 5.62. The maximum atomic E-state index is 5.47. The SMILES string of the molecule is C=C(C)/C=C(\C)CCC(=C)Nc1cn[nH]c1C1C=Cc2cc(CN(C)CCOCC)ccc2C1. The molecule has 1 heterocycles. The summed E-state index contributed by atoms with van der Waals surface area (Å²) in [4.78, 5) is 2.30. The quantitative estimate of drug-likeness (QED) is 0.266. The van der Waals surface area contributed by atoms with E-state index in [1.807, 2.05) is 20.0 Å². The molecule has 0 bridgehead atoms. The van der Waals surface area contributed by atoms with Gasteiger partial charge in [0.25, 0.3) is 0 Å². The predicted molar refractivity (Wildman–Crippen MR) is 144 cm³/mol. The van der Waals surface area contributed by atoms with Crippen molar-refractivity contribution in [2.24, 2.45) is 0 Å². The first-order chi connectivity index (χ1) is 16.4. The average molecular weight is 461 g/mol. The van der Waals surface area contributed by atoms with Gasteiger partial charge in [0.05, 0.1) is 24.2 Å². The lowest BCUT2D eigenvalue weighted by atomic mass is 9.86. The van der Waals surface area contributed by atoms with Crippen molar-refractivity contribution in [1.29, 1.82) is 0 Å². The van der Waals surface area contributed by atoms with Gasteiger partial charge < -0.3 is 10.1 Å². The van der Waals surface area contributed by atoms with Crippen LogP contribution in [0.5, 0.6) is 0 Å². The summed E-state index contributed by atoms with van der Waals surface area (Å²) in [6, 6.07) is 6.84. The summed E-state index contributed by atoms with van der Waals surface area (Å²) < 4.78 is 5.47. The van der Waals surface area contributed by atoms with E-state index in [1.165, 1.54) is 22.3 Å². The Morgan fingerprint density at radius 3 is 2.88 bits per heavy atom. The number of rotatable bonds is 13. The Hall–Kier alpha value is -2.89. The second-order valence-corrected chi connectivity index (χ2v) is 9.40. The van der Waals surface area contributed by atoms with Crippen molar-refractivity contribution in [3.63, 3.8) is 0 Å². The maximum Gasteiger partial charge on any atom is 0.0804 e. The normalized spacial score (nSPS) is 15.4. The minimum absolute atomic E-state index is 0.259. The number of aromatic amines is 1. The average Bonchev–Trinajstić information content (AvgIpc) is 3.25. The van der Waals surface area contributed by atoms with Gasteiger partial charge in [-0.2, -0.15) is 5.10 Å². The second kappa shape index (κ2) is 12.5.